The quantitative estimate of drug-likeness (QED) is 0.588. The molecule has 0 aromatic carbocycles. The number of methoxy groups -OCH3 is 1. The molecule has 54 valence electrons. The molecule has 3 nitrogen and oxygen atoms in total. The van der Waals surface area contributed by atoms with Crippen molar-refractivity contribution in [2.45, 2.75) is 4.43 Å². The Hall–Kier alpha value is -0.390. The Balaban J connectivity index is 2.87. The Bertz CT molecular complexity index is 197. The molecule has 0 spiro atoms. The van der Waals surface area contributed by atoms with Crippen molar-refractivity contribution < 1.29 is 4.74 Å². The van der Waals surface area contributed by atoms with Crippen LogP contribution in [0.15, 0.2) is 12.3 Å². The number of nitrogens with zero attached hydrogens (tertiary/aromatic N) is 2. The summed E-state index contributed by atoms with van der Waals surface area (Å²) in [5, 5.41) is 0. The minimum absolute atomic E-state index is 0.439. The van der Waals surface area contributed by atoms with Crippen LogP contribution in [0.3, 0.4) is 0 Å². The zero-order valence-corrected chi connectivity index (χ0v) is 7.70. The lowest BCUT2D eigenvalue weighted by atomic mass is 10.5. The Morgan fingerprint density at radius 1 is 1.70 bits per heavy atom. The zero-order valence-electron chi connectivity index (χ0n) is 5.54. The summed E-state index contributed by atoms with van der Waals surface area (Å²) in [4.78, 5) is 7.94. The van der Waals surface area contributed by atoms with Crippen LogP contribution in [0.2, 0.25) is 0 Å². The SMILES string of the molecule is COc1nccc(CI)n1. The average Bonchev–Trinajstić information content (AvgIpc) is 2.05. The normalized spacial score (nSPS) is 9.40. The van der Waals surface area contributed by atoms with Crippen molar-refractivity contribution >= 4 is 22.6 Å². The van der Waals surface area contributed by atoms with Crippen LogP contribution >= 0.6 is 22.6 Å². The van der Waals surface area contributed by atoms with E-state index >= 15 is 0 Å². The van der Waals surface area contributed by atoms with Crippen molar-refractivity contribution in [3.63, 3.8) is 0 Å². The van der Waals surface area contributed by atoms with E-state index in [4.69, 9.17) is 4.74 Å². The summed E-state index contributed by atoms with van der Waals surface area (Å²) in [6.45, 7) is 0. The van der Waals surface area contributed by atoms with Crippen LogP contribution in [0.1, 0.15) is 5.69 Å². The molecule has 0 aliphatic carbocycles. The van der Waals surface area contributed by atoms with Crippen molar-refractivity contribution in [3.8, 4) is 6.01 Å². The molecule has 1 aromatic rings. The summed E-state index contributed by atoms with van der Waals surface area (Å²) < 4.78 is 5.72. The molecule has 4 heteroatoms. The van der Waals surface area contributed by atoms with Gasteiger partial charge in [0.25, 0.3) is 0 Å². The summed E-state index contributed by atoms with van der Waals surface area (Å²) in [5.41, 5.74) is 0.993. The number of ether oxygens (including phenoxy) is 1. The summed E-state index contributed by atoms with van der Waals surface area (Å²) in [6.07, 6.45) is 1.69. The third-order valence-corrected chi connectivity index (χ3v) is 1.79. The van der Waals surface area contributed by atoms with E-state index in [0.29, 0.717) is 6.01 Å². The highest BCUT2D eigenvalue weighted by Crippen LogP contribution is 2.05. The van der Waals surface area contributed by atoms with Crippen molar-refractivity contribution in [3.05, 3.63) is 18.0 Å². The van der Waals surface area contributed by atoms with Gasteiger partial charge in [0.15, 0.2) is 0 Å². The third kappa shape index (κ3) is 1.80. The molecule has 0 bridgehead atoms. The zero-order chi connectivity index (χ0) is 7.40. The molecule has 1 heterocycles. The van der Waals surface area contributed by atoms with Crippen molar-refractivity contribution in [2.75, 3.05) is 7.11 Å². The van der Waals surface area contributed by atoms with E-state index in [1.165, 1.54) is 0 Å². The molecular formula is C6H7IN2O. The van der Waals surface area contributed by atoms with E-state index < -0.39 is 0 Å². The van der Waals surface area contributed by atoms with Crippen LogP contribution in [0.4, 0.5) is 0 Å². The number of rotatable bonds is 2. The Morgan fingerprint density at radius 3 is 3.10 bits per heavy atom. The Morgan fingerprint density at radius 2 is 2.50 bits per heavy atom. The molecule has 0 saturated heterocycles. The molecule has 1 rings (SSSR count). The van der Waals surface area contributed by atoms with Gasteiger partial charge in [-0.15, -0.1) is 0 Å². The van der Waals surface area contributed by atoms with Crippen molar-refractivity contribution in [2.24, 2.45) is 0 Å². The second kappa shape index (κ2) is 3.70. The van der Waals surface area contributed by atoms with E-state index in [1.807, 2.05) is 6.07 Å². The molecule has 0 saturated carbocycles. The Kier molecular flexibility index (Phi) is 2.85. The van der Waals surface area contributed by atoms with Gasteiger partial charge in [0, 0.05) is 10.6 Å². The summed E-state index contributed by atoms with van der Waals surface area (Å²) in [6, 6.07) is 2.31. The van der Waals surface area contributed by atoms with Crippen LogP contribution in [0.25, 0.3) is 0 Å². The summed E-state index contributed by atoms with van der Waals surface area (Å²) in [5.74, 6) is 0. The molecule has 0 atom stereocenters. The lowest BCUT2D eigenvalue weighted by molar-refractivity contribution is 0.378. The fraction of sp³-hybridized carbons (Fsp3) is 0.333. The highest BCUT2D eigenvalue weighted by atomic mass is 127. The van der Waals surface area contributed by atoms with Crippen LogP contribution in [0, 0.1) is 0 Å². The first kappa shape index (κ1) is 7.71. The van der Waals surface area contributed by atoms with Gasteiger partial charge < -0.3 is 4.74 Å². The largest absolute Gasteiger partial charge is 0.467 e. The summed E-state index contributed by atoms with van der Waals surface area (Å²) in [7, 11) is 1.56. The lowest BCUT2D eigenvalue weighted by Crippen LogP contribution is -1.93. The van der Waals surface area contributed by atoms with Gasteiger partial charge in [-0.2, -0.15) is 4.98 Å². The van der Waals surface area contributed by atoms with Crippen molar-refractivity contribution in [1.29, 1.82) is 0 Å². The first-order chi connectivity index (χ1) is 4.86. The maximum atomic E-state index is 4.83. The smallest absolute Gasteiger partial charge is 0.316 e. The van der Waals surface area contributed by atoms with E-state index in [2.05, 4.69) is 32.6 Å². The van der Waals surface area contributed by atoms with E-state index in [-0.39, 0.29) is 0 Å². The molecule has 0 amide bonds. The molecule has 0 unspecified atom stereocenters. The van der Waals surface area contributed by atoms with Gasteiger partial charge in [-0.1, -0.05) is 22.6 Å². The number of hydrogen-bond acceptors (Lipinski definition) is 3. The van der Waals surface area contributed by atoms with E-state index in [0.717, 1.165) is 10.1 Å². The van der Waals surface area contributed by atoms with Crippen LogP contribution in [0.5, 0.6) is 6.01 Å². The maximum absolute atomic E-state index is 4.83. The fourth-order valence-electron chi connectivity index (χ4n) is 0.549. The standard InChI is InChI=1S/C6H7IN2O/c1-10-6-8-3-2-5(4-7)9-6/h2-3H,4H2,1H3. The molecule has 0 aliphatic rings. The number of aromatic nitrogens is 2. The van der Waals surface area contributed by atoms with Crippen molar-refractivity contribution in [1.82, 2.24) is 9.97 Å². The fourth-order valence-corrected chi connectivity index (χ4v) is 0.974. The molecule has 0 N–H and O–H groups in total. The highest BCUT2D eigenvalue weighted by Gasteiger charge is 1.94. The molecule has 0 radical (unpaired) electrons. The van der Waals surface area contributed by atoms with Crippen LogP contribution in [-0.4, -0.2) is 17.1 Å². The second-order valence-electron chi connectivity index (χ2n) is 1.67. The number of halogens is 1. The average molecular weight is 250 g/mol. The van der Waals surface area contributed by atoms with Gasteiger partial charge in [0.1, 0.15) is 0 Å². The monoisotopic (exact) mass is 250 g/mol. The molecule has 0 fully saturated rings. The van der Waals surface area contributed by atoms with Crippen LogP contribution < -0.4 is 4.74 Å². The van der Waals surface area contributed by atoms with Gasteiger partial charge in [0.2, 0.25) is 0 Å². The predicted molar refractivity (Wildman–Crippen MR) is 46.3 cm³/mol. The van der Waals surface area contributed by atoms with Gasteiger partial charge in [-0.3, -0.25) is 0 Å². The third-order valence-electron chi connectivity index (χ3n) is 1.01. The number of alkyl halides is 1. The van der Waals surface area contributed by atoms with Gasteiger partial charge >= 0.3 is 6.01 Å². The van der Waals surface area contributed by atoms with Gasteiger partial charge in [-0.25, -0.2) is 4.98 Å². The topological polar surface area (TPSA) is 35.0 Å². The Labute approximate surface area is 73.0 Å². The first-order valence-corrected chi connectivity index (χ1v) is 4.31. The molecule has 10 heavy (non-hydrogen) atoms. The van der Waals surface area contributed by atoms with E-state index in [9.17, 15) is 0 Å². The van der Waals surface area contributed by atoms with E-state index in [1.54, 1.807) is 13.3 Å². The first-order valence-electron chi connectivity index (χ1n) is 2.78. The van der Waals surface area contributed by atoms with Gasteiger partial charge in [0.05, 0.1) is 12.8 Å². The highest BCUT2D eigenvalue weighted by molar-refractivity contribution is 14.1. The summed E-state index contributed by atoms with van der Waals surface area (Å²) >= 11 is 2.24. The molecular weight excluding hydrogens is 243 g/mol. The lowest BCUT2D eigenvalue weighted by Gasteiger charge is -1.97. The second-order valence-corrected chi connectivity index (χ2v) is 2.43. The predicted octanol–water partition coefficient (Wildman–Crippen LogP) is 1.42. The van der Waals surface area contributed by atoms with Crippen LogP contribution in [-0.2, 0) is 4.43 Å². The minimum Gasteiger partial charge on any atom is -0.467 e. The maximum Gasteiger partial charge on any atom is 0.316 e. The number of hydrogen-bond donors (Lipinski definition) is 0. The minimum atomic E-state index is 0.439. The molecule has 1 aromatic heterocycles. The molecule has 0 aliphatic heterocycles. The van der Waals surface area contributed by atoms with Gasteiger partial charge in [-0.05, 0) is 6.07 Å².